The maximum Gasteiger partial charge on any atom is 0.345 e. The number of allylic oxidation sites excluding steroid dienone is 2. The molecule has 0 amide bonds. The second kappa shape index (κ2) is 13.1. The van der Waals surface area contributed by atoms with E-state index >= 15 is 0 Å². The van der Waals surface area contributed by atoms with Crippen LogP contribution in [0.3, 0.4) is 0 Å². The van der Waals surface area contributed by atoms with Crippen LogP contribution in [0.25, 0.3) is 6.08 Å². The first-order chi connectivity index (χ1) is 18.7. The molecule has 0 bridgehead atoms. The Morgan fingerprint density at radius 3 is 2.33 bits per heavy atom. The second-order valence-corrected chi connectivity index (χ2v) is 18.9. The Kier molecular flexibility index (Phi) is 10.3. The predicted molar refractivity (Wildman–Crippen MR) is 167 cm³/mol. The van der Waals surface area contributed by atoms with Crippen molar-refractivity contribution in [3.8, 4) is 5.88 Å². The molecule has 0 aliphatic heterocycles. The van der Waals surface area contributed by atoms with Crippen molar-refractivity contribution in [3.05, 3.63) is 76.5 Å². The summed E-state index contributed by atoms with van der Waals surface area (Å²) in [7, 11) is -1.16. The van der Waals surface area contributed by atoms with E-state index in [1.807, 2.05) is 12.1 Å². The molecule has 0 N–H and O–H groups in total. The van der Waals surface area contributed by atoms with Gasteiger partial charge in [-0.15, -0.1) is 0 Å². The molecular weight excluding hydrogens is 514 g/mol. The van der Waals surface area contributed by atoms with Crippen LogP contribution in [0.4, 0.5) is 0 Å². The van der Waals surface area contributed by atoms with E-state index in [1.165, 1.54) is 23.4 Å². The van der Waals surface area contributed by atoms with E-state index in [2.05, 4.69) is 83.5 Å². The smallest absolute Gasteiger partial charge is 0.345 e. The largest absolute Gasteiger partial charge is 0.458 e. The number of hydrogen-bond donors (Lipinski definition) is 0. The molecule has 0 saturated heterocycles. The molecule has 40 heavy (non-hydrogen) atoms. The van der Waals surface area contributed by atoms with Crippen LogP contribution >= 0.6 is 0 Å². The van der Waals surface area contributed by atoms with Crippen LogP contribution in [-0.4, -0.2) is 31.6 Å². The van der Waals surface area contributed by atoms with Gasteiger partial charge in [0, 0.05) is 20.3 Å². The van der Waals surface area contributed by atoms with Crippen molar-refractivity contribution in [1.82, 2.24) is 4.98 Å². The zero-order valence-electron chi connectivity index (χ0n) is 25.7. The van der Waals surface area contributed by atoms with Crippen LogP contribution in [0, 0.1) is 0 Å². The van der Waals surface area contributed by atoms with E-state index in [9.17, 15) is 9.59 Å². The summed E-state index contributed by atoms with van der Waals surface area (Å²) in [6.07, 6.45) is 15.0. The monoisotopic (exact) mass is 561 g/mol. The highest BCUT2D eigenvalue weighted by Crippen LogP contribution is 2.48. The van der Waals surface area contributed by atoms with Gasteiger partial charge in [0.1, 0.15) is 6.61 Å². The molecule has 2 aromatic rings. The van der Waals surface area contributed by atoms with Crippen molar-refractivity contribution in [2.75, 3.05) is 6.61 Å². The van der Waals surface area contributed by atoms with Gasteiger partial charge in [0.2, 0.25) is 5.88 Å². The molecule has 3 rings (SSSR count). The third-order valence-corrected chi connectivity index (χ3v) is 9.09. The Morgan fingerprint density at radius 2 is 1.68 bits per heavy atom. The number of esters is 2. The van der Waals surface area contributed by atoms with Gasteiger partial charge in [-0.2, -0.15) is 0 Å². The first-order valence-corrected chi connectivity index (χ1v) is 18.3. The fraction of sp³-hybridized carbons (Fsp3) is 0.500. The molecule has 6 heteroatoms. The fourth-order valence-electron chi connectivity index (χ4n) is 5.10. The molecular formula is C34H47NO4Si. The van der Waals surface area contributed by atoms with E-state index in [1.54, 1.807) is 6.07 Å². The highest BCUT2D eigenvalue weighted by atomic mass is 28.3. The number of rotatable bonds is 11. The molecule has 0 radical (unpaired) electrons. The quantitative estimate of drug-likeness (QED) is 0.119. The Balaban J connectivity index is 1.80. The van der Waals surface area contributed by atoms with Crippen LogP contribution in [0.1, 0.15) is 104 Å². The molecule has 1 aromatic carbocycles. The SMILES string of the molecule is CCCC/C=C\c1c(C(=O)Oc2ccc(C(=O)OC/C=C/C[Si](C)(C)C)cn2)ccc2c1C(C)(C)CCC2(C)C. The van der Waals surface area contributed by atoms with Crippen LogP contribution in [-0.2, 0) is 15.6 Å². The van der Waals surface area contributed by atoms with Crippen molar-refractivity contribution in [2.24, 2.45) is 0 Å². The molecule has 1 aliphatic rings. The first-order valence-electron chi connectivity index (χ1n) is 14.6. The van der Waals surface area contributed by atoms with E-state index in [0.29, 0.717) is 11.1 Å². The van der Waals surface area contributed by atoms with Gasteiger partial charge >= 0.3 is 11.9 Å². The van der Waals surface area contributed by atoms with Gasteiger partial charge in [-0.1, -0.05) is 97.5 Å². The highest BCUT2D eigenvalue weighted by molar-refractivity contribution is 6.76. The van der Waals surface area contributed by atoms with Crippen molar-refractivity contribution < 1.29 is 19.1 Å². The number of unbranched alkanes of at least 4 members (excludes halogenated alkanes) is 2. The van der Waals surface area contributed by atoms with Crippen LogP contribution in [0.15, 0.2) is 48.7 Å². The van der Waals surface area contributed by atoms with Crippen molar-refractivity contribution >= 4 is 26.1 Å². The summed E-state index contributed by atoms with van der Waals surface area (Å²) in [6.45, 7) is 18.4. The summed E-state index contributed by atoms with van der Waals surface area (Å²) in [6, 6.07) is 8.15. The Morgan fingerprint density at radius 1 is 0.950 bits per heavy atom. The number of hydrogen-bond acceptors (Lipinski definition) is 5. The van der Waals surface area contributed by atoms with Crippen molar-refractivity contribution in [1.29, 1.82) is 0 Å². The van der Waals surface area contributed by atoms with E-state index in [4.69, 9.17) is 9.47 Å². The normalized spacial score (nSPS) is 16.2. The molecule has 0 atom stereocenters. The maximum absolute atomic E-state index is 13.5. The number of ether oxygens (including phenoxy) is 2. The van der Waals surface area contributed by atoms with Crippen LogP contribution < -0.4 is 4.74 Å². The lowest BCUT2D eigenvalue weighted by Gasteiger charge is -2.43. The fourth-order valence-corrected chi connectivity index (χ4v) is 5.97. The summed E-state index contributed by atoms with van der Waals surface area (Å²) in [5.41, 5.74) is 4.30. The summed E-state index contributed by atoms with van der Waals surface area (Å²) in [5, 5.41) is 0. The summed E-state index contributed by atoms with van der Waals surface area (Å²) < 4.78 is 11.0. The lowest BCUT2D eigenvalue weighted by Crippen LogP contribution is -2.35. The first kappa shape index (κ1) is 31.5. The van der Waals surface area contributed by atoms with Gasteiger partial charge in [0.25, 0.3) is 0 Å². The van der Waals surface area contributed by atoms with E-state index in [0.717, 1.165) is 43.7 Å². The van der Waals surface area contributed by atoms with E-state index in [-0.39, 0.29) is 23.3 Å². The third-order valence-electron chi connectivity index (χ3n) is 7.63. The second-order valence-electron chi connectivity index (χ2n) is 13.4. The Bertz CT molecular complexity index is 1250. The number of carbonyl (C=O) groups excluding carboxylic acids is 2. The maximum atomic E-state index is 13.5. The molecule has 0 fully saturated rings. The molecule has 1 heterocycles. The van der Waals surface area contributed by atoms with Crippen LogP contribution in [0.2, 0.25) is 25.7 Å². The number of nitrogens with zero attached hydrogens (tertiary/aromatic N) is 1. The Labute approximate surface area is 242 Å². The standard InChI is InChI=1S/C34H47NO4Si/c1-9-10-11-12-15-26-27(17-18-28-30(26)34(4,5)21-20-33(28,2)3)32(37)39-29-19-16-25(24-35-29)31(36)38-22-13-14-23-40(6,7)8/h12-19,24H,9-11,20-23H2,1-8H3/b14-13+,15-12-. The summed E-state index contributed by atoms with van der Waals surface area (Å²) in [5.74, 6) is -0.760. The zero-order chi connectivity index (χ0) is 29.6. The predicted octanol–water partition coefficient (Wildman–Crippen LogP) is 8.90. The minimum Gasteiger partial charge on any atom is -0.458 e. The molecule has 0 unspecified atom stereocenters. The number of carbonyl (C=O) groups is 2. The lowest BCUT2D eigenvalue weighted by molar-refractivity contribution is 0.0549. The molecule has 5 nitrogen and oxygen atoms in total. The minimum atomic E-state index is -1.16. The Hall–Kier alpha value is -2.99. The van der Waals surface area contributed by atoms with E-state index < -0.39 is 20.0 Å². The van der Waals surface area contributed by atoms with Gasteiger partial charge in [-0.25, -0.2) is 14.6 Å². The summed E-state index contributed by atoms with van der Waals surface area (Å²) in [4.78, 5) is 30.1. The number of fused-ring (bicyclic) bond motifs is 1. The number of aromatic nitrogens is 1. The molecule has 1 aliphatic carbocycles. The van der Waals surface area contributed by atoms with Gasteiger partial charge in [0.15, 0.2) is 0 Å². The minimum absolute atomic E-state index is 0.0371. The average Bonchev–Trinajstić information content (AvgIpc) is 2.88. The molecule has 216 valence electrons. The topological polar surface area (TPSA) is 65.5 Å². The number of benzene rings is 1. The average molecular weight is 562 g/mol. The third kappa shape index (κ3) is 8.26. The van der Waals surface area contributed by atoms with Gasteiger partial charge < -0.3 is 9.47 Å². The number of pyridine rings is 1. The van der Waals surface area contributed by atoms with Gasteiger partial charge in [0.05, 0.1) is 11.1 Å². The molecule has 1 aromatic heterocycles. The molecule has 0 spiro atoms. The molecule has 0 saturated carbocycles. The summed E-state index contributed by atoms with van der Waals surface area (Å²) >= 11 is 0. The zero-order valence-corrected chi connectivity index (χ0v) is 26.7. The highest BCUT2D eigenvalue weighted by Gasteiger charge is 2.39. The van der Waals surface area contributed by atoms with Gasteiger partial charge in [-0.3, -0.25) is 0 Å². The van der Waals surface area contributed by atoms with Gasteiger partial charge in [-0.05, 0) is 65.0 Å². The van der Waals surface area contributed by atoms with Crippen LogP contribution in [0.5, 0.6) is 5.88 Å². The lowest BCUT2D eigenvalue weighted by atomic mass is 9.61. The van der Waals surface area contributed by atoms with Crippen molar-refractivity contribution in [3.63, 3.8) is 0 Å². The van der Waals surface area contributed by atoms with Crippen molar-refractivity contribution in [2.45, 2.75) is 103 Å².